The standard InChI is InChI=1S/C27H31NO2/c1-18(2)23-13-11-20(4)16-25(23)30-17-26(29)28-27(22-9-7-6-8-10-22)24-14-12-19(3)15-21(24)5/h6-16,18,27H,17H2,1-5H3,(H,28,29). The molecule has 1 atom stereocenters. The van der Waals surface area contributed by atoms with Crippen LogP contribution in [0.1, 0.15) is 59.2 Å². The Morgan fingerprint density at radius 1 is 0.867 bits per heavy atom. The summed E-state index contributed by atoms with van der Waals surface area (Å²) in [6.45, 7) is 10.4. The van der Waals surface area contributed by atoms with Crippen molar-refractivity contribution in [2.24, 2.45) is 0 Å². The van der Waals surface area contributed by atoms with E-state index < -0.39 is 0 Å². The topological polar surface area (TPSA) is 38.3 Å². The summed E-state index contributed by atoms with van der Waals surface area (Å²) in [6, 6.07) is 22.3. The van der Waals surface area contributed by atoms with E-state index in [9.17, 15) is 4.79 Å². The summed E-state index contributed by atoms with van der Waals surface area (Å²) in [5.41, 5.74) is 6.74. The molecular formula is C27H31NO2. The van der Waals surface area contributed by atoms with Gasteiger partial charge < -0.3 is 10.1 Å². The first-order chi connectivity index (χ1) is 14.3. The lowest BCUT2D eigenvalue weighted by Gasteiger charge is -2.22. The Balaban J connectivity index is 1.80. The fraction of sp³-hybridized carbons (Fsp3) is 0.296. The molecule has 0 saturated heterocycles. The van der Waals surface area contributed by atoms with E-state index in [1.807, 2.05) is 43.3 Å². The molecule has 0 heterocycles. The normalized spacial score (nSPS) is 11.9. The van der Waals surface area contributed by atoms with E-state index in [1.54, 1.807) is 0 Å². The van der Waals surface area contributed by atoms with Gasteiger partial charge in [-0.1, -0.05) is 80.1 Å². The molecule has 1 unspecified atom stereocenters. The number of aryl methyl sites for hydroxylation is 3. The summed E-state index contributed by atoms with van der Waals surface area (Å²) in [5.74, 6) is 0.971. The zero-order valence-corrected chi connectivity index (χ0v) is 18.5. The lowest BCUT2D eigenvalue weighted by molar-refractivity contribution is -0.123. The predicted molar refractivity (Wildman–Crippen MR) is 123 cm³/mol. The third-order valence-electron chi connectivity index (χ3n) is 5.32. The van der Waals surface area contributed by atoms with Crippen molar-refractivity contribution < 1.29 is 9.53 Å². The molecular weight excluding hydrogens is 370 g/mol. The number of carbonyl (C=O) groups is 1. The summed E-state index contributed by atoms with van der Waals surface area (Å²) in [5, 5.41) is 3.18. The van der Waals surface area contributed by atoms with Gasteiger partial charge in [-0.05, 0) is 60.6 Å². The molecule has 0 fully saturated rings. The fourth-order valence-electron chi connectivity index (χ4n) is 3.73. The molecule has 30 heavy (non-hydrogen) atoms. The van der Waals surface area contributed by atoms with Crippen LogP contribution in [0, 0.1) is 20.8 Å². The number of carbonyl (C=O) groups excluding carboxylic acids is 1. The van der Waals surface area contributed by atoms with Gasteiger partial charge in [0.1, 0.15) is 5.75 Å². The van der Waals surface area contributed by atoms with Gasteiger partial charge in [-0.3, -0.25) is 4.79 Å². The molecule has 1 N–H and O–H groups in total. The largest absolute Gasteiger partial charge is 0.483 e. The molecule has 0 aliphatic carbocycles. The number of hydrogen-bond donors (Lipinski definition) is 1. The SMILES string of the molecule is Cc1ccc(C(NC(=O)COc2cc(C)ccc2C(C)C)c2ccccc2)c(C)c1. The molecule has 3 rings (SSSR count). The molecule has 0 aliphatic rings. The summed E-state index contributed by atoms with van der Waals surface area (Å²) in [6.07, 6.45) is 0. The molecule has 3 nitrogen and oxygen atoms in total. The van der Waals surface area contributed by atoms with Crippen LogP contribution in [0.3, 0.4) is 0 Å². The Kier molecular flexibility index (Phi) is 6.94. The molecule has 0 spiro atoms. The van der Waals surface area contributed by atoms with Crippen molar-refractivity contribution in [3.63, 3.8) is 0 Å². The van der Waals surface area contributed by atoms with Crippen LogP contribution >= 0.6 is 0 Å². The van der Waals surface area contributed by atoms with E-state index in [1.165, 1.54) is 5.56 Å². The van der Waals surface area contributed by atoms with Gasteiger partial charge in [0, 0.05) is 0 Å². The Labute approximate surface area is 180 Å². The summed E-state index contributed by atoms with van der Waals surface area (Å²) < 4.78 is 5.95. The fourth-order valence-corrected chi connectivity index (χ4v) is 3.73. The van der Waals surface area contributed by atoms with Crippen LogP contribution in [-0.4, -0.2) is 12.5 Å². The average molecular weight is 402 g/mol. The van der Waals surface area contributed by atoms with Crippen molar-refractivity contribution in [1.82, 2.24) is 5.32 Å². The molecule has 1 amide bonds. The number of hydrogen-bond acceptors (Lipinski definition) is 2. The Morgan fingerprint density at radius 2 is 1.50 bits per heavy atom. The number of ether oxygens (including phenoxy) is 1. The quantitative estimate of drug-likeness (QED) is 0.526. The average Bonchev–Trinajstić information content (AvgIpc) is 2.71. The van der Waals surface area contributed by atoms with Crippen LogP contribution in [0.25, 0.3) is 0 Å². The lowest BCUT2D eigenvalue weighted by Crippen LogP contribution is -2.33. The highest BCUT2D eigenvalue weighted by molar-refractivity contribution is 5.78. The Bertz CT molecular complexity index is 1010. The highest BCUT2D eigenvalue weighted by atomic mass is 16.5. The highest BCUT2D eigenvalue weighted by Crippen LogP contribution is 2.28. The van der Waals surface area contributed by atoms with Gasteiger partial charge in [-0.15, -0.1) is 0 Å². The van der Waals surface area contributed by atoms with Gasteiger partial charge in [0.15, 0.2) is 6.61 Å². The van der Waals surface area contributed by atoms with E-state index in [0.29, 0.717) is 5.92 Å². The van der Waals surface area contributed by atoms with Crippen molar-refractivity contribution in [3.8, 4) is 5.75 Å². The molecule has 0 saturated carbocycles. The molecule has 0 aromatic heterocycles. The van der Waals surface area contributed by atoms with Gasteiger partial charge in [0.05, 0.1) is 6.04 Å². The number of rotatable bonds is 7. The van der Waals surface area contributed by atoms with Gasteiger partial charge in [-0.25, -0.2) is 0 Å². The maximum Gasteiger partial charge on any atom is 0.258 e. The van der Waals surface area contributed by atoms with Crippen LogP contribution in [0.4, 0.5) is 0 Å². The van der Waals surface area contributed by atoms with Crippen molar-refractivity contribution in [2.75, 3.05) is 6.61 Å². The second kappa shape index (κ2) is 9.62. The molecule has 3 aromatic rings. The second-order valence-electron chi connectivity index (χ2n) is 8.26. The van der Waals surface area contributed by atoms with Crippen LogP contribution in [0.5, 0.6) is 5.75 Å². The van der Waals surface area contributed by atoms with Gasteiger partial charge in [0.25, 0.3) is 5.91 Å². The van der Waals surface area contributed by atoms with Crippen molar-refractivity contribution in [3.05, 3.63) is 100 Å². The number of benzene rings is 3. The number of nitrogens with one attached hydrogen (secondary N) is 1. The predicted octanol–water partition coefficient (Wildman–Crippen LogP) is 6.02. The van der Waals surface area contributed by atoms with E-state index in [-0.39, 0.29) is 18.6 Å². The summed E-state index contributed by atoms with van der Waals surface area (Å²) >= 11 is 0. The zero-order chi connectivity index (χ0) is 21.7. The van der Waals surface area contributed by atoms with E-state index in [4.69, 9.17) is 4.74 Å². The third-order valence-corrected chi connectivity index (χ3v) is 5.32. The zero-order valence-electron chi connectivity index (χ0n) is 18.5. The first-order valence-electron chi connectivity index (χ1n) is 10.5. The van der Waals surface area contributed by atoms with Crippen LogP contribution in [-0.2, 0) is 4.79 Å². The minimum Gasteiger partial charge on any atom is -0.483 e. The van der Waals surface area contributed by atoms with Gasteiger partial charge >= 0.3 is 0 Å². The van der Waals surface area contributed by atoms with E-state index in [2.05, 4.69) is 63.3 Å². The summed E-state index contributed by atoms with van der Waals surface area (Å²) in [7, 11) is 0. The second-order valence-corrected chi connectivity index (χ2v) is 8.26. The van der Waals surface area contributed by atoms with Gasteiger partial charge in [0.2, 0.25) is 0 Å². The smallest absolute Gasteiger partial charge is 0.258 e. The van der Waals surface area contributed by atoms with E-state index in [0.717, 1.165) is 33.6 Å². The first kappa shape index (κ1) is 21.6. The molecule has 0 radical (unpaired) electrons. The maximum atomic E-state index is 12.9. The van der Waals surface area contributed by atoms with Crippen LogP contribution < -0.4 is 10.1 Å². The minimum absolute atomic E-state index is 0.0165. The van der Waals surface area contributed by atoms with Gasteiger partial charge in [-0.2, -0.15) is 0 Å². The molecule has 3 aromatic carbocycles. The van der Waals surface area contributed by atoms with Crippen molar-refractivity contribution in [2.45, 2.75) is 46.6 Å². The van der Waals surface area contributed by atoms with Crippen molar-refractivity contribution in [1.29, 1.82) is 0 Å². The summed E-state index contributed by atoms with van der Waals surface area (Å²) in [4.78, 5) is 12.9. The monoisotopic (exact) mass is 401 g/mol. The molecule has 3 heteroatoms. The van der Waals surface area contributed by atoms with Crippen molar-refractivity contribution >= 4 is 5.91 Å². The Morgan fingerprint density at radius 3 is 2.13 bits per heavy atom. The van der Waals surface area contributed by atoms with E-state index >= 15 is 0 Å². The lowest BCUT2D eigenvalue weighted by atomic mass is 9.94. The number of amides is 1. The molecule has 0 aliphatic heterocycles. The minimum atomic E-state index is -0.218. The highest BCUT2D eigenvalue weighted by Gasteiger charge is 2.19. The maximum absolute atomic E-state index is 12.9. The Hall–Kier alpha value is -3.07. The van der Waals surface area contributed by atoms with Crippen LogP contribution in [0.15, 0.2) is 66.7 Å². The van der Waals surface area contributed by atoms with Crippen LogP contribution in [0.2, 0.25) is 0 Å². The molecule has 0 bridgehead atoms. The third kappa shape index (κ3) is 5.29. The molecule has 156 valence electrons. The first-order valence-corrected chi connectivity index (χ1v) is 10.5.